The number of amides is 1. The van der Waals surface area contributed by atoms with E-state index in [1.807, 2.05) is 4.90 Å². The number of piperidine rings is 1. The molecule has 1 aliphatic carbocycles. The molecular weight excluding hydrogens is 216 g/mol. The predicted molar refractivity (Wildman–Crippen MR) is 66.6 cm³/mol. The summed E-state index contributed by atoms with van der Waals surface area (Å²) in [7, 11) is 0. The number of nitrogens with one attached hydrogen (secondary N) is 1. The van der Waals surface area contributed by atoms with E-state index >= 15 is 0 Å². The third-order valence-electron chi connectivity index (χ3n) is 3.75. The average Bonchev–Trinajstić information content (AvgIpc) is 2.21. The summed E-state index contributed by atoms with van der Waals surface area (Å²) in [5.74, 6) is 0.776. The first-order valence-corrected chi connectivity index (χ1v) is 6.79. The van der Waals surface area contributed by atoms with E-state index in [2.05, 4.69) is 19.2 Å². The number of hydrogen-bond acceptors (Lipinski definition) is 3. The first-order valence-electron chi connectivity index (χ1n) is 6.79. The van der Waals surface area contributed by atoms with Crippen LogP contribution in [0.5, 0.6) is 0 Å². The number of likely N-dealkylation sites (tertiary alicyclic amines) is 1. The van der Waals surface area contributed by atoms with Gasteiger partial charge >= 0.3 is 0 Å². The highest BCUT2D eigenvalue weighted by Crippen LogP contribution is 2.29. The van der Waals surface area contributed by atoms with Crippen molar-refractivity contribution < 1.29 is 9.90 Å². The third kappa shape index (κ3) is 3.19. The van der Waals surface area contributed by atoms with Gasteiger partial charge in [-0.05, 0) is 31.6 Å². The number of carbonyl (C=O) groups is 1. The van der Waals surface area contributed by atoms with Crippen LogP contribution >= 0.6 is 0 Å². The molecule has 0 aromatic heterocycles. The van der Waals surface area contributed by atoms with E-state index in [1.165, 1.54) is 0 Å². The van der Waals surface area contributed by atoms with Crippen LogP contribution in [0.15, 0.2) is 0 Å². The molecule has 1 atom stereocenters. The Hall–Kier alpha value is -0.610. The molecule has 4 nitrogen and oxygen atoms in total. The molecule has 98 valence electrons. The van der Waals surface area contributed by atoms with E-state index in [-0.39, 0.29) is 18.1 Å². The summed E-state index contributed by atoms with van der Waals surface area (Å²) in [5, 5.41) is 12.6. The first-order chi connectivity index (χ1) is 8.06. The highest BCUT2D eigenvalue weighted by Gasteiger charge is 2.34. The lowest BCUT2D eigenvalue weighted by Crippen LogP contribution is -2.54. The van der Waals surface area contributed by atoms with Crippen LogP contribution in [-0.2, 0) is 4.79 Å². The molecule has 1 unspecified atom stereocenters. The van der Waals surface area contributed by atoms with Crippen LogP contribution in [0.4, 0.5) is 0 Å². The molecule has 17 heavy (non-hydrogen) atoms. The topological polar surface area (TPSA) is 52.6 Å². The fourth-order valence-corrected chi connectivity index (χ4v) is 2.84. The Morgan fingerprint density at radius 3 is 2.76 bits per heavy atom. The van der Waals surface area contributed by atoms with Gasteiger partial charge < -0.3 is 15.3 Å². The van der Waals surface area contributed by atoms with Crippen LogP contribution in [0.25, 0.3) is 0 Å². The Balaban J connectivity index is 1.83. The van der Waals surface area contributed by atoms with Crippen molar-refractivity contribution in [1.29, 1.82) is 0 Å². The molecule has 2 fully saturated rings. The van der Waals surface area contributed by atoms with Crippen molar-refractivity contribution in [2.75, 3.05) is 13.1 Å². The molecule has 0 aromatic carbocycles. The van der Waals surface area contributed by atoms with E-state index in [0.717, 1.165) is 38.8 Å². The molecule has 1 heterocycles. The monoisotopic (exact) mass is 240 g/mol. The standard InChI is InChI=1S/C13H24N2O2/c1-9(2)14-12-4-3-5-15(13(12)17)8-10-6-11(16)7-10/h9-12,14,16H,3-8H2,1-2H3. The van der Waals surface area contributed by atoms with Crippen molar-refractivity contribution >= 4 is 5.91 Å². The number of hydrogen-bond donors (Lipinski definition) is 2. The van der Waals surface area contributed by atoms with Gasteiger partial charge in [-0.1, -0.05) is 13.8 Å². The molecule has 1 saturated heterocycles. The molecule has 0 bridgehead atoms. The summed E-state index contributed by atoms with van der Waals surface area (Å²) in [6.07, 6.45) is 3.66. The summed E-state index contributed by atoms with van der Waals surface area (Å²) in [6.45, 7) is 5.89. The zero-order valence-electron chi connectivity index (χ0n) is 10.9. The zero-order chi connectivity index (χ0) is 12.4. The number of aliphatic hydroxyl groups is 1. The van der Waals surface area contributed by atoms with Gasteiger partial charge in [-0.3, -0.25) is 4.79 Å². The second-order valence-corrected chi connectivity index (χ2v) is 5.79. The molecule has 2 rings (SSSR count). The van der Waals surface area contributed by atoms with Crippen LogP contribution in [0.1, 0.15) is 39.5 Å². The van der Waals surface area contributed by atoms with Crippen molar-refractivity contribution in [2.45, 2.75) is 57.7 Å². The minimum Gasteiger partial charge on any atom is -0.393 e. The lowest BCUT2D eigenvalue weighted by molar-refractivity contribution is -0.138. The molecule has 1 aliphatic heterocycles. The Bertz CT molecular complexity index is 275. The van der Waals surface area contributed by atoms with Crippen molar-refractivity contribution in [3.05, 3.63) is 0 Å². The maximum atomic E-state index is 12.2. The van der Waals surface area contributed by atoms with E-state index in [9.17, 15) is 9.90 Å². The van der Waals surface area contributed by atoms with Gasteiger partial charge in [0.2, 0.25) is 5.91 Å². The Labute approximate surface area is 103 Å². The highest BCUT2D eigenvalue weighted by atomic mass is 16.3. The number of rotatable bonds is 4. The van der Waals surface area contributed by atoms with Crippen LogP contribution in [0, 0.1) is 5.92 Å². The summed E-state index contributed by atoms with van der Waals surface area (Å²) in [4.78, 5) is 14.2. The molecule has 1 saturated carbocycles. The summed E-state index contributed by atoms with van der Waals surface area (Å²) >= 11 is 0. The van der Waals surface area contributed by atoms with Gasteiger partial charge in [-0.25, -0.2) is 0 Å². The fourth-order valence-electron chi connectivity index (χ4n) is 2.84. The van der Waals surface area contributed by atoms with Crippen molar-refractivity contribution in [3.8, 4) is 0 Å². The Kier molecular flexibility index (Phi) is 4.05. The lowest BCUT2D eigenvalue weighted by Gasteiger charge is -2.39. The largest absolute Gasteiger partial charge is 0.393 e. The highest BCUT2D eigenvalue weighted by molar-refractivity contribution is 5.82. The molecule has 1 amide bonds. The second kappa shape index (κ2) is 5.36. The molecular formula is C13H24N2O2. The zero-order valence-corrected chi connectivity index (χ0v) is 10.9. The van der Waals surface area contributed by atoms with Crippen LogP contribution < -0.4 is 5.32 Å². The van der Waals surface area contributed by atoms with Gasteiger partial charge in [0, 0.05) is 19.1 Å². The smallest absolute Gasteiger partial charge is 0.239 e. The van der Waals surface area contributed by atoms with Crippen LogP contribution in [0.3, 0.4) is 0 Å². The average molecular weight is 240 g/mol. The number of carbonyl (C=O) groups excluding carboxylic acids is 1. The van der Waals surface area contributed by atoms with Gasteiger partial charge in [0.05, 0.1) is 12.1 Å². The SMILES string of the molecule is CC(C)NC1CCCN(CC2CC(O)C2)C1=O. The van der Waals surface area contributed by atoms with Gasteiger partial charge in [0.1, 0.15) is 0 Å². The normalized spacial score (nSPS) is 34.0. The second-order valence-electron chi connectivity index (χ2n) is 5.79. The summed E-state index contributed by atoms with van der Waals surface area (Å²) in [5.41, 5.74) is 0. The third-order valence-corrected chi connectivity index (χ3v) is 3.75. The van der Waals surface area contributed by atoms with Gasteiger partial charge in [-0.2, -0.15) is 0 Å². The molecule has 0 radical (unpaired) electrons. The molecule has 0 spiro atoms. The molecule has 4 heteroatoms. The summed E-state index contributed by atoms with van der Waals surface area (Å²) in [6, 6.07) is 0.364. The Morgan fingerprint density at radius 1 is 1.47 bits per heavy atom. The van der Waals surface area contributed by atoms with E-state index < -0.39 is 0 Å². The summed E-state index contributed by atoms with van der Waals surface area (Å²) < 4.78 is 0. The van der Waals surface area contributed by atoms with Gasteiger partial charge in [0.25, 0.3) is 0 Å². The quantitative estimate of drug-likeness (QED) is 0.762. The maximum Gasteiger partial charge on any atom is 0.239 e. The van der Waals surface area contributed by atoms with E-state index in [4.69, 9.17) is 0 Å². The first kappa shape index (κ1) is 12.8. The minimum atomic E-state index is -0.121. The molecule has 2 N–H and O–H groups in total. The minimum absolute atomic E-state index is 0.00810. The van der Waals surface area contributed by atoms with Crippen LogP contribution in [-0.4, -0.2) is 47.2 Å². The lowest BCUT2D eigenvalue weighted by atomic mass is 9.81. The van der Waals surface area contributed by atoms with Gasteiger partial charge in [-0.15, -0.1) is 0 Å². The van der Waals surface area contributed by atoms with Gasteiger partial charge in [0.15, 0.2) is 0 Å². The number of aliphatic hydroxyl groups excluding tert-OH is 1. The van der Waals surface area contributed by atoms with Crippen molar-refractivity contribution in [3.63, 3.8) is 0 Å². The number of nitrogens with zero attached hydrogens (tertiary/aromatic N) is 1. The van der Waals surface area contributed by atoms with Crippen molar-refractivity contribution in [1.82, 2.24) is 10.2 Å². The Morgan fingerprint density at radius 2 is 2.18 bits per heavy atom. The van der Waals surface area contributed by atoms with Crippen molar-refractivity contribution in [2.24, 2.45) is 5.92 Å². The van der Waals surface area contributed by atoms with Crippen LogP contribution in [0.2, 0.25) is 0 Å². The predicted octanol–water partition coefficient (Wildman–Crippen LogP) is 0.746. The molecule has 2 aliphatic rings. The molecule has 0 aromatic rings. The fraction of sp³-hybridized carbons (Fsp3) is 0.923. The van der Waals surface area contributed by atoms with E-state index in [1.54, 1.807) is 0 Å². The maximum absolute atomic E-state index is 12.2. The van der Waals surface area contributed by atoms with E-state index in [0.29, 0.717) is 12.0 Å².